The number of rotatable bonds is 11. The lowest BCUT2D eigenvalue weighted by Gasteiger charge is -2.42. The zero-order valence-electron chi connectivity index (χ0n) is 14.1. The molecule has 0 saturated carbocycles. The molecule has 148 valence electrons. The van der Waals surface area contributed by atoms with Gasteiger partial charge in [0.1, 0.15) is 0 Å². The van der Waals surface area contributed by atoms with Crippen molar-refractivity contribution in [2.75, 3.05) is 13.6 Å². The second-order valence-electron chi connectivity index (χ2n) is 6.48. The third kappa shape index (κ3) is 5.93. The van der Waals surface area contributed by atoms with E-state index >= 15 is 0 Å². The SMILES string of the molecule is C=CC(=O)CCC(F)(F)CN(C)C(F)(F)C(F)(F)C(C)(C)CC(F)F. The van der Waals surface area contributed by atoms with Crippen molar-refractivity contribution in [1.82, 2.24) is 4.90 Å². The van der Waals surface area contributed by atoms with Gasteiger partial charge in [0, 0.05) is 24.7 Å². The summed E-state index contributed by atoms with van der Waals surface area (Å²) in [7, 11) is 0.343. The summed E-state index contributed by atoms with van der Waals surface area (Å²) < 4.78 is 108. The van der Waals surface area contributed by atoms with Crippen molar-refractivity contribution in [2.45, 2.75) is 57.4 Å². The lowest BCUT2D eigenvalue weighted by molar-refractivity contribution is -0.327. The molecule has 10 heteroatoms. The van der Waals surface area contributed by atoms with Crippen LogP contribution in [0.1, 0.15) is 33.1 Å². The highest BCUT2D eigenvalue weighted by Gasteiger charge is 2.67. The Hall–Kier alpha value is -1.19. The van der Waals surface area contributed by atoms with Gasteiger partial charge in [-0.2, -0.15) is 17.6 Å². The van der Waals surface area contributed by atoms with Crippen LogP contribution in [-0.2, 0) is 4.79 Å². The molecule has 0 aliphatic carbocycles. The van der Waals surface area contributed by atoms with E-state index in [2.05, 4.69) is 6.58 Å². The molecule has 0 aromatic heterocycles. The van der Waals surface area contributed by atoms with Crippen LogP contribution < -0.4 is 0 Å². The minimum absolute atomic E-state index is 0.343. The van der Waals surface area contributed by atoms with Crippen molar-refractivity contribution in [3.8, 4) is 0 Å². The zero-order valence-corrected chi connectivity index (χ0v) is 14.1. The molecule has 0 bridgehead atoms. The fourth-order valence-electron chi connectivity index (χ4n) is 2.09. The predicted molar refractivity (Wildman–Crippen MR) is 76.3 cm³/mol. The first-order chi connectivity index (χ1) is 11.0. The number of nitrogens with zero attached hydrogens (tertiary/aromatic N) is 1. The van der Waals surface area contributed by atoms with E-state index in [0.717, 1.165) is 6.08 Å². The van der Waals surface area contributed by atoms with Gasteiger partial charge < -0.3 is 0 Å². The van der Waals surface area contributed by atoms with Crippen LogP contribution in [0.4, 0.5) is 35.1 Å². The molecule has 0 unspecified atom stereocenters. The standard InChI is InChI=1S/C15H21F8NO/c1-5-10(25)6-7-13(18,19)9-24(4)15(22,23)14(20,21)12(2,3)8-11(16)17/h5,11H,1,6-9H2,2-4H3. The largest absolute Gasteiger partial charge is 0.368 e. The smallest absolute Gasteiger partial charge is 0.295 e. The van der Waals surface area contributed by atoms with Crippen LogP contribution in [-0.4, -0.2) is 48.6 Å². The molecule has 0 spiro atoms. The zero-order chi connectivity index (χ0) is 20.3. The molecule has 0 aromatic rings. The van der Waals surface area contributed by atoms with Crippen molar-refractivity contribution in [3.63, 3.8) is 0 Å². The van der Waals surface area contributed by atoms with E-state index in [1.54, 1.807) is 0 Å². The number of carbonyl (C=O) groups excluding carboxylic acids is 1. The van der Waals surface area contributed by atoms with Gasteiger partial charge in [0.25, 0.3) is 5.92 Å². The molecule has 2 nitrogen and oxygen atoms in total. The number of carbonyl (C=O) groups is 1. The third-order valence-corrected chi connectivity index (χ3v) is 3.81. The van der Waals surface area contributed by atoms with Gasteiger partial charge in [-0.15, -0.1) is 0 Å². The van der Waals surface area contributed by atoms with Gasteiger partial charge >= 0.3 is 12.0 Å². The van der Waals surface area contributed by atoms with Crippen LogP contribution in [0.3, 0.4) is 0 Å². The van der Waals surface area contributed by atoms with Gasteiger partial charge in [-0.25, -0.2) is 22.5 Å². The second-order valence-corrected chi connectivity index (χ2v) is 6.48. The highest BCUT2D eigenvalue weighted by molar-refractivity contribution is 5.88. The Labute approximate surface area is 140 Å². The Morgan fingerprint density at radius 3 is 2.00 bits per heavy atom. The molecule has 0 aliphatic heterocycles. The van der Waals surface area contributed by atoms with Crippen LogP contribution in [0.5, 0.6) is 0 Å². The summed E-state index contributed by atoms with van der Waals surface area (Å²) in [4.78, 5) is 10.4. The van der Waals surface area contributed by atoms with Gasteiger partial charge in [-0.1, -0.05) is 20.4 Å². The molecule has 0 radical (unpaired) electrons. The van der Waals surface area contributed by atoms with Gasteiger partial charge in [0.05, 0.1) is 6.54 Å². The minimum Gasteiger partial charge on any atom is -0.295 e. The second kappa shape index (κ2) is 8.01. The van der Waals surface area contributed by atoms with Crippen molar-refractivity contribution < 1.29 is 39.9 Å². The molecule has 0 saturated heterocycles. The average molecular weight is 383 g/mol. The lowest BCUT2D eigenvalue weighted by Crippen LogP contribution is -2.61. The first kappa shape index (κ1) is 23.8. The van der Waals surface area contributed by atoms with Crippen molar-refractivity contribution in [2.24, 2.45) is 5.41 Å². The normalized spacial score (nSPS) is 14.3. The fraction of sp³-hybridized carbons (Fsp3) is 0.800. The van der Waals surface area contributed by atoms with E-state index in [4.69, 9.17) is 0 Å². The van der Waals surface area contributed by atoms with Crippen molar-refractivity contribution in [1.29, 1.82) is 0 Å². The van der Waals surface area contributed by atoms with E-state index in [9.17, 15) is 39.9 Å². The molecule has 0 aliphatic rings. The number of halogens is 8. The Balaban J connectivity index is 5.28. The number of hydrogen-bond donors (Lipinski definition) is 0. The van der Waals surface area contributed by atoms with Crippen molar-refractivity contribution in [3.05, 3.63) is 12.7 Å². The highest BCUT2D eigenvalue weighted by Crippen LogP contribution is 2.51. The number of hydrogen-bond acceptors (Lipinski definition) is 2. The van der Waals surface area contributed by atoms with E-state index in [0.29, 0.717) is 20.9 Å². The van der Waals surface area contributed by atoms with Crippen molar-refractivity contribution >= 4 is 5.78 Å². The fourth-order valence-corrected chi connectivity index (χ4v) is 2.09. The van der Waals surface area contributed by atoms with E-state index < -0.39 is 66.2 Å². The monoisotopic (exact) mass is 383 g/mol. The number of alkyl halides is 8. The van der Waals surface area contributed by atoms with Gasteiger partial charge in [0.2, 0.25) is 6.43 Å². The first-order valence-electron chi connectivity index (χ1n) is 7.28. The minimum atomic E-state index is -5.10. The Morgan fingerprint density at radius 1 is 1.12 bits per heavy atom. The number of allylic oxidation sites excluding steroid dienone is 1. The van der Waals surface area contributed by atoms with E-state index in [-0.39, 0.29) is 0 Å². The summed E-state index contributed by atoms with van der Waals surface area (Å²) in [6, 6.07) is -5.10. The Kier molecular flexibility index (Phi) is 7.63. The third-order valence-electron chi connectivity index (χ3n) is 3.81. The highest BCUT2D eigenvalue weighted by atomic mass is 19.3. The Morgan fingerprint density at radius 2 is 1.60 bits per heavy atom. The molecular formula is C15H21F8NO. The first-order valence-corrected chi connectivity index (χ1v) is 7.28. The van der Waals surface area contributed by atoms with Crippen LogP contribution >= 0.6 is 0 Å². The van der Waals surface area contributed by atoms with E-state index in [1.807, 2.05) is 0 Å². The molecular weight excluding hydrogens is 362 g/mol. The van der Waals surface area contributed by atoms with Gasteiger partial charge in [0.15, 0.2) is 5.78 Å². The molecule has 25 heavy (non-hydrogen) atoms. The van der Waals surface area contributed by atoms with Crippen LogP contribution in [0.25, 0.3) is 0 Å². The maximum atomic E-state index is 14.1. The molecule has 0 heterocycles. The summed E-state index contributed by atoms with van der Waals surface area (Å²) in [5.41, 5.74) is -2.84. The molecule has 0 aromatic carbocycles. The molecule has 0 rings (SSSR count). The molecule has 0 fully saturated rings. The van der Waals surface area contributed by atoms with Gasteiger partial charge in [-0.3, -0.25) is 4.79 Å². The maximum absolute atomic E-state index is 14.1. The van der Waals surface area contributed by atoms with Crippen LogP contribution in [0, 0.1) is 5.41 Å². The molecule has 0 atom stereocenters. The summed E-state index contributed by atoms with van der Waals surface area (Å²) in [6.45, 7) is 2.32. The topological polar surface area (TPSA) is 20.3 Å². The Bertz CT molecular complexity index is 476. The molecule has 0 amide bonds. The summed E-state index contributed by atoms with van der Waals surface area (Å²) in [5, 5.41) is 0. The number of ketones is 1. The quantitative estimate of drug-likeness (QED) is 0.284. The molecule has 0 N–H and O–H groups in total. The van der Waals surface area contributed by atoms with E-state index in [1.165, 1.54) is 0 Å². The summed E-state index contributed by atoms with van der Waals surface area (Å²) >= 11 is 0. The predicted octanol–water partition coefficient (Wildman–Crippen LogP) is 5.00. The van der Waals surface area contributed by atoms with Crippen LogP contribution in [0.2, 0.25) is 0 Å². The van der Waals surface area contributed by atoms with Crippen LogP contribution in [0.15, 0.2) is 12.7 Å². The maximum Gasteiger partial charge on any atom is 0.368 e. The average Bonchev–Trinajstić information content (AvgIpc) is 2.42. The lowest BCUT2D eigenvalue weighted by atomic mass is 9.80. The van der Waals surface area contributed by atoms with Gasteiger partial charge in [-0.05, 0) is 13.1 Å². The summed E-state index contributed by atoms with van der Waals surface area (Å²) in [5.74, 6) is -9.62. The summed E-state index contributed by atoms with van der Waals surface area (Å²) in [6.07, 6.45) is -5.86.